The average Bonchev–Trinajstić information content (AvgIpc) is 3.06. The number of carbonyl (C=O) groups excluding carboxylic acids is 1. The second kappa shape index (κ2) is 8.42. The number of rotatable bonds is 3. The Morgan fingerprint density at radius 2 is 1.84 bits per heavy atom. The molecular formula is C24H29ClN4O2. The van der Waals surface area contributed by atoms with Gasteiger partial charge in [-0.25, -0.2) is 9.78 Å². The van der Waals surface area contributed by atoms with Gasteiger partial charge in [0.05, 0.1) is 17.6 Å². The van der Waals surface area contributed by atoms with Crippen molar-refractivity contribution in [2.24, 2.45) is 0 Å². The molecule has 2 heterocycles. The quantitative estimate of drug-likeness (QED) is 0.562. The number of anilines is 1. The van der Waals surface area contributed by atoms with Gasteiger partial charge < -0.3 is 19.1 Å². The number of amides is 1. The number of imidazole rings is 1. The van der Waals surface area contributed by atoms with Gasteiger partial charge in [-0.1, -0.05) is 41.9 Å². The van der Waals surface area contributed by atoms with Crippen LogP contribution in [0.5, 0.6) is 0 Å². The lowest BCUT2D eigenvalue weighted by atomic mass is 10.2. The van der Waals surface area contributed by atoms with Crippen LogP contribution in [-0.4, -0.2) is 51.8 Å². The highest BCUT2D eigenvalue weighted by Crippen LogP contribution is 2.28. The van der Waals surface area contributed by atoms with Crippen molar-refractivity contribution in [2.45, 2.75) is 45.9 Å². The Hall–Kier alpha value is -2.73. The zero-order valence-corrected chi connectivity index (χ0v) is 19.3. The van der Waals surface area contributed by atoms with Crippen LogP contribution in [0.3, 0.4) is 0 Å². The summed E-state index contributed by atoms with van der Waals surface area (Å²) in [6.07, 6.45) is -0.261. The Kier molecular flexibility index (Phi) is 5.84. The van der Waals surface area contributed by atoms with Gasteiger partial charge >= 0.3 is 6.09 Å². The molecule has 7 heteroatoms. The minimum absolute atomic E-state index is 0.100. The molecule has 4 rings (SSSR count). The topological polar surface area (TPSA) is 50.6 Å². The number of hydrogen-bond acceptors (Lipinski definition) is 4. The minimum atomic E-state index is -0.500. The molecule has 0 aliphatic carbocycles. The molecule has 164 valence electrons. The van der Waals surface area contributed by atoms with E-state index in [-0.39, 0.29) is 12.1 Å². The van der Waals surface area contributed by atoms with Crippen LogP contribution in [0.1, 0.15) is 33.3 Å². The molecule has 1 unspecified atom stereocenters. The van der Waals surface area contributed by atoms with E-state index in [2.05, 4.69) is 22.5 Å². The number of ether oxygens (including phenoxy) is 1. The van der Waals surface area contributed by atoms with Gasteiger partial charge in [-0.3, -0.25) is 0 Å². The maximum absolute atomic E-state index is 12.5. The van der Waals surface area contributed by atoms with Crippen LogP contribution in [0.15, 0.2) is 48.5 Å². The normalized spacial score (nSPS) is 17.3. The van der Waals surface area contributed by atoms with Crippen molar-refractivity contribution in [2.75, 3.05) is 24.5 Å². The lowest BCUT2D eigenvalue weighted by Gasteiger charge is -2.40. The third-order valence-electron chi connectivity index (χ3n) is 5.46. The van der Waals surface area contributed by atoms with Gasteiger partial charge in [0, 0.05) is 30.7 Å². The summed E-state index contributed by atoms with van der Waals surface area (Å²) in [5.41, 5.74) is 2.57. The second-order valence-electron chi connectivity index (χ2n) is 9.05. The first-order valence-corrected chi connectivity index (χ1v) is 11.0. The first kappa shape index (κ1) is 21.5. The van der Waals surface area contributed by atoms with Crippen molar-refractivity contribution in [1.29, 1.82) is 0 Å². The number of para-hydroxylation sites is 2. The molecule has 1 aromatic heterocycles. The van der Waals surface area contributed by atoms with E-state index in [1.807, 2.05) is 63.2 Å². The Balaban J connectivity index is 1.63. The molecule has 0 saturated carbocycles. The van der Waals surface area contributed by atoms with E-state index in [0.29, 0.717) is 26.2 Å². The highest BCUT2D eigenvalue weighted by atomic mass is 35.5. The summed E-state index contributed by atoms with van der Waals surface area (Å²) in [6.45, 7) is 10.3. The fourth-order valence-corrected chi connectivity index (χ4v) is 4.18. The Bertz CT molecular complexity index is 1090. The summed E-state index contributed by atoms with van der Waals surface area (Å²) in [7, 11) is 0. The molecule has 1 saturated heterocycles. The smallest absolute Gasteiger partial charge is 0.410 e. The minimum Gasteiger partial charge on any atom is -0.444 e. The van der Waals surface area contributed by atoms with Gasteiger partial charge in [-0.05, 0) is 51.5 Å². The van der Waals surface area contributed by atoms with E-state index in [9.17, 15) is 4.79 Å². The zero-order valence-electron chi connectivity index (χ0n) is 18.5. The van der Waals surface area contributed by atoms with E-state index in [4.69, 9.17) is 21.3 Å². The van der Waals surface area contributed by atoms with Gasteiger partial charge in [0.1, 0.15) is 5.60 Å². The maximum atomic E-state index is 12.5. The number of hydrogen-bond donors (Lipinski definition) is 0. The molecule has 0 radical (unpaired) electrons. The highest BCUT2D eigenvalue weighted by Gasteiger charge is 2.32. The molecule has 1 atom stereocenters. The van der Waals surface area contributed by atoms with Crippen molar-refractivity contribution in [3.05, 3.63) is 59.1 Å². The number of piperazine rings is 1. The second-order valence-corrected chi connectivity index (χ2v) is 9.45. The Morgan fingerprint density at radius 1 is 1.13 bits per heavy atom. The van der Waals surface area contributed by atoms with Gasteiger partial charge in [0.15, 0.2) is 0 Å². The monoisotopic (exact) mass is 440 g/mol. The SMILES string of the molecule is CC1CN(C(=O)OC(C)(C)C)CCN1c1nc2ccccc2n1Cc1ccccc1Cl. The highest BCUT2D eigenvalue weighted by molar-refractivity contribution is 6.31. The Morgan fingerprint density at radius 3 is 2.55 bits per heavy atom. The van der Waals surface area contributed by atoms with Gasteiger partial charge in [0.2, 0.25) is 5.95 Å². The van der Waals surface area contributed by atoms with E-state index >= 15 is 0 Å². The summed E-state index contributed by atoms with van der Waals surface area (Å²) in [6, 6.07) is 16.2. The molecule has 1 amide bonds. The summed E-state index contributed by atoms with van der Waals surface area (Å²) < 4.78 is 7.78. The first-order valence-electron chi connectivity index (χ1n) is 10.7. The van der Waals surface area contributed by atoms with Gasteiger partial charge in [-0.15, -0.1) is 0 Å². The van der Waals surface area contributed by atoms with Crippen LogP contribution >= 0.6 is 11.6 Å². The number of aromatic nitrogens is 2. The van der Waals surface area contributed by atoms with E-state index in [1.54, 1.807) is 4.90 Å². The molecule has 2 aromatic carbocycles. The number of carbonyl (C=O) groups is 1. The standard InChI is InChI=1S/C24H29ClN4O2/c1-17-15-27(23(30)31-24(2,3)4)13-14-28(17)22-26-20-11-7-8-12-21(20)29(22)16-18-9-5-6-10-19(18)25/h5-12,17H,13-16H2,1-4H3. The molecule has 31 heavy (non-hydrogen) atoms. The lowest BCUT2D eigenvalue weighted by Crippen LogP contribution is -2.55. The summed E-state index contributed by atoms with van der Waals surface area (Å²) in [4.78, 5) is 21.6. The predicted octanol–water partition coefficient (Wildman–Crippen LogP) is 5.18. The predicted molar refractivity (Wildman–Crippen MR) is 125 cm³/mol. The van der Waals surface area contributed by atoms with Crippen LogP contribution in [0, 0.1) is 0 Å². The molecule has 1 aliphatic rings. The van der Waals surface area contributed by atoms with Crippen molar-refractivity contribution in [1.82, 2.24) is 14.5 Å². The lowest BCUT2D eigenvalue weighted by molar-refractivity contribution is 0.0218. The molecule has 3 aromatic rings. The largest absolute Gasteiger partial charge is 0.444 e. The summed E-state index contributed by atoms with van der Waals surface area (Å²) in [5, 5.41) is 0.744. The van der Waals surface area contributed by atoms with Gasteiger partial charge in [-0.2, -0.15) is 0 Å². The summed E-state index contributed by atoms with van der Waals surface area (Å²) in [5.74, 6) is 0.900. The molecule has 1 fully saturated rings. The molecule has 0 N–H and O–H groups in total. The Labute approximate surface area is 188 Å². The van der Waals surface area contributed by atoms with Crippen LogP contribution in [-0.2, 0) is 11.3 Å². The van der Waals surface area contributed by atoms with Crippen molar-refractivity contribution in [3.63, 3.8) is 0 Å². The van der Waals surface area contributed by atoms with Gasteiger partial charge in [0.25, 0.3) is 0 Å². The van der Waals surface area contributed by atoms with E-state index < -0.39 is 5.60 Å². The molecule has 1 aliphatic heterocycles. The molecular weight excluding hydrogens is 412 g/mol. The fourth-order valence-electron chi connectivity index (χ4n) is 3.98. The molecule has 6 nitrogen and oxygen atoms in total. The van der Waals surface area contributed by atoms with E-state index in [1.165, 1.54) is 0 Å². The third-order valence-corrected chi connectivity index (χ3v) is 5.83. The van der Waals surface area contributed by atoms with Crippen LogP contribution < -0.4 is 4.90 Å². The van der Waals surface area contributed by atoms with Crippen LogP contribution in [0.25, 0.3) is 11.0 Å². The van der Waals surface area contributed by atoms with Crippen molar-refractivity contribution in [3.8, 4) is 0 Å². The van der Waals surface area contributed by atoms with E-state index in [0.717, 1.165) is 27.6 Å². The zero-order chi connectivity index (χ0) is 22.2. The number of halogens is 1. The van der Waals surface area contributed by atoms with Crippen LogP contribution in [0.2, 0.25) is 5.02 Å². The van der Waals surface area contributed by atoms with Crippen LogP contribution in [0.4, 0.5) is 10.7 Å². The molecule has 0 bridgehead atoms. The first-order chi connectivity index (χ1) is 14.7. The van der Waals surface area contributed by atoms with Crippen molar-refractivity contribution >= 4 is 34.7 Å². The number of fused-ring (bicyclic) bond motifs is 1. The number of nitrogens with zero attached hydrogens (tertiary/aromatic N) is 4. The number of benzene rings is 2. The third kappa shape index (κ3) is 4.64. The fraction of sp³-hybridized carbons (Fsp3) is 0.417. The summed E-state index contributed by atoms with van der Waals surface area (Å²) >= 11 is 6.46. The maximum Gasteiger partial charge on any atom is 0.410 e. The average molecular weight is 441 g/mol. The van der Waals surface area contributed by atoms with Crippen molar-refractivity contribution < 1.29 is 9.53 Å². The molecule has 0 spiro atoms.